The lowest BCUT2D eigenvalue weighted by Crippen LogP contribution is -2.34. The Morgan fingerprint density at radius 1 is 1.12 bits per heavy atom. The van der Waals surface area contributed by atoms with E-state index in [0.717, 1.165) is 4.88 Å². The summed E-state index contributed by atoms with van der Waals surface area (Å²) in [6.07, 6.45) is -1.47. The molecule has 2 unspecified atom stereocenters. The fourth-order valence-corrected chi connectivity index (χ4v) is 5.07. The molecule has 4 aromatic rings. The first-order chi connectivity index (χ1) is 15.7. The number of aliphatic hydroxyl groups excluding tert-OH is 1. The third-order valence-electron chi connectivity index (χ3n) is 5.41. The van der Waals surface area contributed by atoms with Crippen LogP contribution in [0.25, 0.3) is 11.0 Å². The Bertz CT molecular complexity index is 1310. The molecule has 0 fully saturated rings. The molecule has 170 valence electrons. The van der Waals surface area contributed by atoms with E-state index in [1.165, 1.54) is 11.3 Å². The first-order valence-corrected chi connectivity index (χ1v) is 11.3. The van der Waals surface area contributed by atoms with Gasteiger partial charge in [0.05, 0.1) is 22.5 Å². The molecule has 0 saturated carbocycles. The predicted molar refractivity (Wildman–Crippen MR) is 130 cm³/mol. The average Bonchev–Trinajstić information content (AvgIpc) is 3.37. The van der Waals surface area contributed by atoms with E-state index in [2.05, 4.69) is 15.3 Å². The topological polar surface area (TPSA) is 147 Å². The number of aromatic nitrogens is 2. The normalized spacial score (nSPS) is 13.2. The summed E-state index contributed by atoms with van der Waals surface area (Å²) in [6, 6.07) is 16.0. The van der Waals surface area contributed by atoms with E-state index in [-0.39, 0.29) is 11.9 Å². The van der Waals surface area contributed by atoms with Crippen LogP contribution in [0.1, 0.15) is 51.4 Å². The van der Waals surface area contributed by atoms with E-state index in [1.807, 2.05) is 44.2 Å². The maximum absolute atomic E-state index is 13.1. The number of amides is 2. The Morgan fingerprint density at radius 3 is 2.52 bits per heavy atom. The minimum atomic E-state index is -1.47. The van der Waals surface area contributed by atoms with Gasteiger partial charge in [0.1, 0.15) is 6.10 Å². The molecule has 0 spiro atoms. The fourth-order valence-electron chi connectivity index (χ4n) is 3.74. The summed E-state index contributed by atoms with van der Waals surface area (Å²) in [4.78, 5) is 33.9. The predicted octanol–water partition coefficient (Wildman–Crippen LogP) is 3.56. The van der Waals surface area contributed by atoms with Gasteiger partial charge in [0.2, 0.25) is 5.91 Å². The Morgan fingerprint density at radius 2 is 1.85 bits per heavy atom. The van der Waals surface area contributed by atoms with Gasteiger partial charge in [0, 0.05) is 15.4 Å². The summed E-state index contributed by atoms with van der Waals surface area (Å²) >= 11 is 1.39. The smallest absolute Gasteiger partial charge is 0.254 e. The number of nitrogens with two attached hydrogens (primary N) is 2. The number of primary amides is 1. The molecule has 2 aromatic carbocycles. The van der Waals surface area contributed by atoms with Crippen LogP contribution in [0.4, 0.5) is 11.6 Å². The molecule has 7 N–H and O–H groups in total. The largest absolute Gasteiger partial charge is 0.382 e. The van der Waals surface area contributed by atoms with Crippen LogP contribution in [-0.4, -0.2) is 33.0 Å². The molecular weight excluding hydrogens is 438 g/mol. The quantitative estimate of drug-likeness (QED) is 0.284. The number of nitrogens with one attached hydrogen (secondary N) is 2. The van der Waals surface area contributed by atoms with E-state index in [9.17, 15) is 14.7 Å². The number of anilines is 2. The molecule has 2 amide bonds. The molecule has 0 aliphatic heterocycles. The van der Waals surface area contributed by atoms with E-state index in [1.54, 1.807) is 24.3 Å². The van der Waals surface area contributed by atoms with Gasteiger partial charge in [-0.3, -0.25) is 9.59 Å². The second kappa shape index (κ2) is 9.05. The van der Waals surface area contributed by atoms with Crippen LogP contribution in [0.15, 0.2) is 54.6 Å². The van der Waals surface area contributed by atoms with Crippen molar-refractivity contribution in [2.24, 2.45) is 5.73 Å². The molecule has 2 heterocycles. The number of aliphatic hydroxyl groups is 1. The highest BCUT2D eigenvalue weighted by atomic mass is 32.1. The number of imidazole rings is 1. The van der Waals surface area contributed by atoms with Gasteiger partial charge in [-0.1, -0.05) is 44.2 Å². The molecule has 2 atom stereocenters. The van der Waals surface area contributed by atoms with Crippen LogP contribution in [0.5, 0.6) is 0 Å². The number of carbonyl (C=O) groups excluding carboxylic acids is 2. The Hall–Kier alpha value is -3.69. The van der Waals surface area contributed by atoms with Gasteiger partial charge in [0.15, 0.2) is 5.95 Å². The number of H-pyrrole nitrogens is 1. The van der Waals surface area contributed by atoms with Crippen LogP contribution >= 0.6 is 11.3 Å². The molecule has 0 saturated heterocycles. The zero-order valence-corrected chi connectivity index (χ0v) is 19.0. The highest BCUT2D eigenvalue weighted by Crippen LogP contribution is 2.39. The van der Waals surface area contributed by atoms with Crippen molar-refractivity contribution in [3.63, 3.8) is 0 Å². The van der Waals surface area contributed by atoms with Gasteiger partial charge in [-0.2, -0.15) is 0 Å². The number of hydrogen-bond acceptors (Lipinski definition) is 6. The van der Waals surface area contributed by atoms with Crippen LogP contribution in [0.2, 0.25) is 0 Å². The average molecular weight is 464 g/mol. The van der Waals surface area contributed by atoms with E-state index < -0.39 is 23.8 Å². The number of benzene rings is 2. The summed E-state index contributed by atoms with van der Waals surface area (Å²) in [5.41, 5.74) is 14.2. The van der Waals surface area contributed by atoms with E-state index in [0.29, 0.717) is 32.7 Å². The molecular formula is C24H25N5O3S. The number of rotatable bonds is 7. The number of aromatic amines is 1. The van der Waals surface area contributed by atoms with Crippen molar-refractivity contribution in [1.82, 2.24) is 9.97 Å². The monoisotopic (exact) mass is 463 g/mol. The second-order valence-corrected chi connectivity index (χ2v) is 9.24. The highest BCUT2D eigenvalue weighted by Gasteiger charge is 2.34. The number of hydrogen-bond donors (Lipinski definition) is 5. The van der Waals surface area contributed by atoms with Crippen molar-refractivity contribution >= 4 is 45.8 Å². The summed E-state index contributed by atoms with van der Waals surface area (Å²) in [5.74, 6) is -1.53. The van der Waals surface area contributed by atoms with Gasteiger partial charge < -0.3 is 26.9 Å². The second-order valence-electron chi connectivity index (χ2n) is 8.12. The van der Waals surface area contributed by atoms with Crippen LogP contribution < -0.4 is 16.8 Å². The lowest BCUT2D eigenvalue weighted by atomic mass is 9.89. The Kier molecular flexibility index (Phi) is 6.17. The van der Waals surface area contributed by atoms with Crippen LogP contribution in [0, 0.1) is 0 Å². The molecule has 9 heteroatoms. The zero-order chi connectivity index (χ0) is 23.7. The van der Waals surface area contributed by atoms with Crippen LogP contribution in [-0.2, 0) is 4.79 Å². The summed E-state index contributed by atoms with van der Waals surface area (Å²) in [7, 11) is 0. The van der Waals surface area contributed by atoms with Crippen molar-refractivity contribution < 1.29 is 14.7 Å². The molecule has 2 aromatic heterocycles. The number of nitrogens with zero attached hydrogens (tertiary/aromatic N) is 1. The molecule has 0 bridgehead atoms. The third kappa shape index (κ3) is 4.59. The summed E-state index contributed by atoms with van der Waals surface area (Å²) in [6.45, 7) is 4.03. The molecule has 33 heavy (non-hydrogen) atoms. The van der Waals surface area contributed by atoms with Gasteiger partial charge in [0.25, 0.3) is 5.91 Å². The minimum absolute atomic E-state index is 0.165. The Labute approximate surface area is 194 Å². The third-order valence-corrected chi connectivity index (χ3v) is 6.93. The molecule has 0 aliphatic rings. The van der Waals surface area contributed by atoms with Crippen molar-refractivity contribution in [2.75, 3.05) is 11.1 Å². The molecule has 0 radical (unpaired) electrons. The molecule has 8 nitrogen and oxygen atoms in total. The summed E-state index contributed by atoms with van der Waals surface area (Å²) in [5, 5.41) is 14.0. The minimum Gasteiger partial charge on any atom is -0.382 e. The van der Waals surface area contributed by atoms with Gasteiger partial charge in [-0.15, -0.1) is 11.3 Å². The Balaban J connectivity index is 1.71. The van der Waals surface area contributed by atoms with Crippen molar-refractivity contribution in [3.05, 3.63) is 75.5 Å². The number of carbonyl (C=O) groups is 2. The molecule has 4 rings (SSSR count). The van der Waals surface area contributed by atoms with Gasteiger partial charge >= 0.3 is 0 Å². The van der Waals surface area contributed by atoms with Crippen LogP contribution in [0.3, 0.4) is 0 Å². The first-order valence-electron chi connectivity index (χ1n) is 10.5. The van der Waals surface area contributed by atoms with Gasteiger partial charge in [-0.05, 0) is 35.7 Å². The first kappa shape index (κ1) is 22.5. The number of thiophene rings is 1. The lowest BCUT2D eigenvalue weighted by molar-refractivity contribution is -0.124. The van der Waals surface area contributed by atoms with Gasteiger partial charge in [-0.25, -0.2) is 4.98 Å². The van der Waals surface area contributed by atoms with Crippen molar-refractivity contribution in [2.45, 2.75) is 31.8 Å². The zero-order valence-electron chi connectivity index (χ0n) is 18.2. The fraction of sp³-hybridized carbons (Fsp3) is 0.208. The number of fused-ring (bicyclic) bond motifs is 1. The standard InChI is InChI=1S/C24H25N5O3S/c1-12(2)18-11-15(22(25)31)21(33-18)19(13-6-4-3-5-7-13)20(30)23(32)27-14-8-9-16-17(10-14)29-24(26)28-16/h3-12,19-20,30H,1-2H3,(H2,25,31)(H,27,32)(H3,26,28,29). The molecule has 0 aliphatic carbocycles. The SMILES string of the molecule is CC(C)c1cc(C(N)=O)c(C(c2ccccc2)C(O)C(=O)Nc2ccc3nc(N)[nH]c3c2)s1. The maximum Gasteiger partial charge on any atom is 0.254 e. The highest BCUT2D eigenvalue weighted by molar-refractivity contribution is 7.12. The maximum atomic E-state index is 13.1. The van der Waals surface area contributed by atoms with E-state index >= 15 is 0 Å². The number of nitrogen functional groups attached to an aromatic ring is 1. The van der Waals surface area contributed by atoms with Crippen molar-refractivity contribution in [1.29, 1.82) is 0 Å². The lowest BCUT2D eigenvalue weighted by Gasteiger charge is -2.23. The van der Waals surface area contributed by atoms with E-state index in [4.69, 9.17) is 11.5 Å². The summed E-state index contributed by atoms with van der Waals surface area (Å²) < 4.78 is 0. The van der Waals surface area contributed by atoms with Crippen molar-refractivity contribution in [3.8, 4) is 0 Å².